The van der Waals surface area contributed by atoms with Gasteiger partial charge in [0.2, 0.25) is 0 Å². The topological polar surface area (TPSA) is 27.7 Å². The molecule has 0 spiro atoms. The van der Waals surface area contributed by atoms with Gasteiger partial charge in [0.1, 0.15) is 6.67 Å². The summed E-state index contributed by atoms with van der Waals surface area (Å²) in [7, 11) is 1.58. The molecular formula is C13H20F2O3. The summed E-state index contributed by atoms with van der Waals surface area (Å²) in [5, 5.41) is 0. The summed E-state index contributed by atoms with van der Waals surface area (Å²) < 4.78 is 36.6. The fraction of sp³-hybridized carbons (Fsp3) is 0.538. The molecule has 0 heterocycles. The Morgan fingerprint density at radius 2 is 1.67 bits per heavy atom. The van der Waals surface area contributed by atoms with Gasteiger partial charge >= 0.3 is 0 Å². The Labute approximate surface area is 107 Å². The Morgan fingerprint density at radius 3 is 2.22 bits per heavy atom. The van der Waals surface area contributed by atoms with Crippen LogP contribution in [0.3, 0.4) is 0 Å². The molecule has 0 aromatic heterocycles. The van der Waals surface area contributed by atoms with Crippen LogP contribution in [0.15, 0.2) is 30.3 Å². The smallest absolute Gasteiger partial charge is 0.188 e. The second-order valence-electron chi connectivity index (χ2n) is 3.24. The predicted octanol–water partition coefficient (Wildman–Crippen LogP) is 2.75. The molecule has 1 aromatic carbocycles. The largest absolute Gasteiger partial charge is 0.382 e. The second kappa shape index (κ2) is 14.0. The molecule has 1 rings (SSSR count). The van der Waals surface area contributed by atoms with Crippen LogP contribution in [-0.4, -0.2) is 40.5 Å². The van der Waals surface area contributed by atoms with Gasteiger partial charge in [-0.15, -0.1) is 0 Å². The average molecular weight is 262 g/mol. The summed E-state index contributed by atoms with van der Waals surface area (Å²) in [5.74, 6) is 0. The lowest BCUT2D eigenvalue weighted by Gasteiger charge is -1.97. The van der Waals surface area contributed by atoms with Crippen LogP contribution in [0.25, 0.3) is 0 Å². The number of hydrogen-bond donors (Lipinski definition) is 0. The van der Waals surface area contributed by atoms with Gasteiger partial charge in [0.05, 0.1) is 26.4 Å². The van der Waals surface area contributed by atoms with Crippen molar-refractivity contribution in [3.05, 3.63) is 35.9 Å². The molecule has 0 saturated heterocycles. The Kier molecular flexibility index (Phi) is 13.2. The monoisotopic (exact) mass is 262 g/mol. The molecule has 0 bridgehead atoms. The molecule has 0 saturated carbocycles. The van der Waals surface area contributed by atoms with E-state index < -0.39 is 13.5 Å². The second-order valence-corrected chi connectivity index (χ2v) is 3.24. The number of ether oxygens (including phenoxy) is 3. The van der Waals surface area contributed by atoms with E-state index in [9.17, 15) is 8.78 Å². The number of alkyl halides is 2. The SMILES string of the molecule is COCCOCCF.FCOCc1ccccc1. The van der Waals surface area contributed by atoms with Crippen LogP contribution in [0.4, 0.5) is 8.78 Å². The quantitative estimate of drug-likeness (QED) is 0.674. The fourth-order valence-electron chi connectivity index (χ4n) is 1.03. The van der Waals surface area contributed by atoms with Crippen molar-refractivity contribution in [2.24, 2.45) is 0 Å². The first kappa shape index (κ1) is 17.0. The molecule has 0 radical (unpaired) electrons. The van der Waals surface area contributed by atoms with Crippen LogP contribution >= 0.6 is 0 Å². The van der Waals surface area contributed by atoms with Gasteiger partial charge in [-0.05, 0) is 5.56 Å². The number of hydrogen-bond acceptors (Lipinski definition) is 3. The normalized spacial score (nSPS) is 9.72. The van der Waals surface area contributed by atoms with Crippen molar-refractivity contribution < 1.29 is 23.0 Å². The molecule has 0 aliphatic carbocycles. The van der Waals surface area contributed by atoms with Crippen molar-refractivity contribution in [1.29, 1.82) is 0 Å². The van der Waals surface area contributed by atoms with Gasteiger partial charge in [-0.2, -0.15) is 0 Å². The number of rotatable bonds is 8. The highest BCUT2D eigenvalue weighted by molar-refractivity contribution is 5.13. The van der Waals surface area contributed by atoms with Crippen molar-refractivity contribution in [3.63, 3.8) is 0 Å². The molecule has 0 atom stereocenters. The summed E-state index contributed by atoms with van der Waals surface area (Å²) >= 11 is 0. The van der Waals surface area contributed by atoms with E-state index in [1.54, 1.807) is 7.11 Å². The lowest BCUT2D eigenvalue weighted by molar-refractivity contribution is 0.0462. The molecule has 0 aliphatic heterocycles. The molecule has 0 aliphatic rings. The Hall–Kier alpha value is -1.04. The Morgan fingerprint density at radius 1 is 0.944 bits per heavy atom. The minimum absolute atomic E-state index is 0.184. The summed E-state index contributed by atoms with van der Waals surface area (Å²) in [5.41, 5.74) is 1.00. The zero-order chi connectivity index (χ0) is 13.5. The maximum Gasteiger partial charge on any atom is 0.188 e. The molecule has 0 unspecified atom stereocenters. The number of methoxy groups -OCH3 is 1. The first-order valence-corrected chi connectivity index (χ1v) is 5.65. The maximum absolute atomic E-state index is 11.5. The third-order valence-corrected chi connectivity index (χ3v) is 1.84. The molecule has 104 valence electrons. The summed E-state index contributed by atoms with van der Waals surface area (Å²) in [4.78, 5) is 0. The maximum atomic E-state index is 11.5. The predicted molar refractivity (Wildman–Crippen MR) is 65.9 cm³/mol. The molecule has 18 heavy (non-hydrogen) atoms. The van der Waals surface area contributed by atoms with Crippen molar-refractivity contribution in [2.45, 2.75) is 6.61 Å². The van der Waals surface area contributed by atoms with Gasteiger partial charge in [0, 0.05) is 7.11 Å². The fourth-order valence-corrected chi connectivity index (χ4v) is 1.03. The van der Waals surface area contributed by atoms with E-state index in [0.29, 0.717) is 19.8 Å². The van der Waals surface area contributed by atoms with Gasteiger partial charge < -0.3 is 14.2 Å². The highest BCUT2D eigenvalue weighted by Gasteiger charge is 1.88. The van der Waals surface area contributed by atoms with E-state index in [4.69, 9.17) is 4.74 Å². The lowest BCUT2D eigenvalue weighted by atomic mass is 10.2. The highest BCUT2D eigenvalue weighted by Crippen LogP contribution is 1.99. The molecular weight excluding hydrogens is 242 g/mol. The zero-order valence-corrected chi connectivity index (χ0v) is 10.6. The Balaban J connectivity index is 0.000000331. The highest BCUT2D eigenvalue weighted by atomic mass is 19.1. The van der Waals surface area contributed by atoms with Crippen molar-refractivity contribution in [1.82, 2.24) is 0 Å². The molecule has 1 aromatic rings. The van der Waals surface area contributed by atoms with E-state index in [0.717, 1.165) is 5.56 Å². The van der Waals surface area contributed by atoms with Gasteiger partial charge in [-0.3, -0.25) is 0 Å². The minimum atomic E-state index is -0.713. The zero-order valence-electron chi connectivity index (χ0n) is 10.6. The van der Waals surface area contributed by atoms with Gasteiger partial charge in [-0.1, -0.05) is 30.3 Å². The molecule has 0 fully saturated rings. The van der Waals surface area contributed by atoms with E-state index in [2.05, 4.69) is 9.47 Å². The van der Waals surface area contributed by atoms with Crippen LogP contribution in [-0.2, 0) is 20.8 Å². The third-order valence-electron chi connectivity index (χ3n) is 1.84. The minimum Gasteiger partial charge on any atom is -0.382 e. The molecule has 0 N–H and O–H groups in total. The van der Waals surface area contributed by atoms with Crippen LogP contribution in [0.1, 0.15) is 5.56 Å². The molecule has 5 heteroatoms. The summed E-state index contributed by atoms with van der Waals surface area (Å²) in [6.45, 7) is 0.444. The van der Waals surface area contributed by atoms with E-state index in [1.165, 1.54) is 0 Å². The first-order valence-electron chi connectivity index (χ1n) is 5.65. The molecule has 3 nitrogen and oxygen atoms in total. The third kappa shape index (κ3) is 11.4. The number of benzene rings is 1. The average Bonchev–Trinajstić information content (AvgIpc) is 2.43. The van der Waals surface area contributed by atoms with E-state index in [1.807, 2.05) is 30.3 Å². The van der Waals surface area contributed by atoms with Gasteiger partial charge in [0.15, 0.2) is 6.86 Å². The van der Waals surface area contributed by atoms with Crippen molar-refractivity contribution in [3.8, 4) is 0 Å². The summed E-state index contributed by atoms with van der Waals surface area (Å²) in [6, 6.07) is 9.51. The van der Waals surface area contributed by atoms with E-state index in [-0.39, 0.29) is 6.61 Å². The van der Waals surface area contributed by atoms with Gasteiger partial charge in [-0.25, -0.2) is 8.78 Å². The summed E-state index contributed by atoms with van der Waals surface area (Å²) in [6.07, 6.45) is 0. The molecule has 0 amide bonds. The lowest BCUT2D eigenvalue weighted by Crippen LogP contribution is -2.03. The standard InChI is InChI=1S/C8H9FO.C5H11FO2/c9-7-10-6-8-4-2-1-3-5-8;1-7-4-5-8-3-2-6/h1-5H,6-7H2;2-5H2,1H3. The van der Waals surface area contributed by atoms with E-state index >= 15 is 0 Å². The van der Waals surface area contributed by atoms with Crippen LogP contribution < -0.4 is 0 Å². The van der Waals surface area contributed by atoms with Crippen LogP contribution in [0.5, 0.6) is 0 Å². The number of halogens is 2. The van der Waals surface area contributed by atoms with Crippen LogP contribution in [0.2, 0.25) is 0 Å². The van der Waals surface area contributed by atoms with Crippen molar-refractivity contribution in [2.75, 3.05) is 40.5 Å². The van der Waals surface area contributed by atoms with Crippen molar-refractivity contribution >= 4 is 0 Å². The Bertz CT molecular complexity index is 252. The van der Waals surface area contributed by atoms with Crippen LogP contribution in [0, 0.1) is 0 Å². The first-order chi connectivity index (χ1) is 8.85. The van der Waals surface area contributed by atoms with Gasteiger partial charge in [0.25, 0.3) is 0 Å².